The molecule has 254 valence electrons. The number of fused-ring (bicyclic) bond motifs is 2. The van der Waals surface area contributed by atoms with Gasteiger partial charge in [-0.05, 0) is 41.8 Å². The van der Waals surface area contributed by atoms with E-state index in [1.165, 1.54) is 0 Å². The molecular weight excluding hydrogens is 679 g/mol. The van der Waals surface area contributed by atoms with Crippen molar-refractivity contribution in [1.29, 1.82) is 0 Å². The second-order valence-electron chi connectivity index (χ2n) is 13.0. The van der Waals surface area contributed by atoms with Crippen molar-refractivity contribution >= 4 is 58.2 Å². The van der Waals surface area contributed by atoms with Crippen LogP contribution in [0.15, 0.2) is 72.8 Å². The molecule has 4 amide bonds. The Balaban J connectivity index is 1.08. The lowest BCUT2D eigenvalue weighted by Gasteiger charge is -2.31. The Kier molecular flexibility index (Phi) is 8.36. The highest BCUT2D eigenvalue weighted by molar-refractivity contribution is 6.39. The molecule has 2 saturated heterocycles. The third-order valence-electron chi connectivity index (χ3n) is 9.71. The van der Waals surface area contributed by atoms with Crippen LogP contribution in [-0.2, 0) is 19.2 Å². The van der Waals surface area contributed by atoms with Gasteiger partial charge in [-0.2, -0.15) is 0 Å². The van der Waals surface area contributed by atoms with Gasteiger partial charge in [0.2, 0.25) is 11.8 Å². The van der Waals surface area contributed by atoms with Gasteiger partial charge in [0.25, 0.3) is 11.8 Å². The Morgan fingerprint density at radius 2 is 1.22 bits per heavy atom. The smallest absolute Gasteiger partial charge is 0.265 e. The first-order chi connectivity index (χ1) is 24.2. The summed E-state index contributed by atoms with van der Waals surface area (Å²) in [6, 6.07) is 22.8. The SMILES string of the molecule is O=C1CC(CN2C(=O)COc3cc(-c4cccc(-c5cccc(-c6ccc7c(c6)OCC(=O)N7C[C@@H]6CCC(=O)N6)c5Cl)c4Cl)ccc32)CN1. The van der Waals surface area contributed by atoms with Crippen LogP contribution in [0.1, 0.15) is 19.3 Å². The van der Waals surface area contributed by atoms with Gasteiger partial charge in [0.05, 0.1) is 21.4 Å². The first kappa shape index (κ1) is 32.2. The number of anilines is 2. The summed E-state index contributed by atoms with van der Waals surface area (Å²) in [7, 11) is 0. The summed E-state index contributed by atoms with van der Waals surface area (Å²) < 4.78 is 11.7. The minimum atomic E-state index is -0.156. The third-order valence-corrected chi connectivity index (χ3v) is 10.5. The molecular formula is C38H32Cl2N4O6. The zero-order valence-electron chi connectivity index (χ0n) is 26.8. The Morgan fingerprint density at radius 3 is 1.72 bits per heavy atom. The number of nitrogens with one attached hydrogen (secondary N) is 2. The molecule has 0 bridgehead atoms. The van der Waals surface area contributed by atoms with E-state index < -0.39 is 0 Å². The maximum Gasteiger partial charge on any atom is 0.265 e. The molecule has 2 fully saturated rings. The highest BCUT2D eigenvalue weighted by atomic mass is 35.5. The minimum Gasteiger partial charge on any atom is -0.482 e. The molecule has 0 radical (unpaired) electrons. The van der Waals surface area contributed by atoms with Gasteiger partial charge in [0, 0.05) is 66.7 Å². The normalized spacial score (nSPS) is 19.8. The van der Waals surface area contributed by atoms with Crippen molar-refractivity contribution in [2.75, 3.05) is 42.6 Å². The van der Waals surface area contributed by atoms with Crippen molar-refractivity contribution in [3.8, 4) is 44.9 Å². The van der Waals surface area contributed by atoms with E-state index in [2.05, 4.69) is 10.6 Å². The summed E-state index contributed by atoms with van der Waals surface area (Å²) in [5.41, 5.74) is 5.99. The molecule has 0 saturated carbocycles. The van der Waals surface area contributed by atoms with Crippen LogP contribution in [0, 0.1) is 5.92 Å². The summed E-state index contributed by atoms with van der Waals surface area (Å²) in [4.78, 5) is 52.4. The van der Waals surface area contributed by atoms with E-state index in [0.717, 1.165) is 33.4 Å². The van der Waals surface area contributed by atoms with Crippen LogP contribution in [0.2, 0.25) is 10.0 Å². The maximum atomic E-state index is 12.8. The topological polar surface area (TPSA) is 117 Å². The molecule has 4 aliphatic heterocycles. The van der Waals surface area contributed by atoms with Crippen LogP contribution in [0.3, 0.4) is 0 Å². The van der Waals surface area contributed by atoms with Crippen LogP contribution in [0.25, 0.3) is 33.4 Å². The number of hydrogen-bond donors (Lipinski definition) is 2. The predicted octanol–water partition coefficient (Wildman–Crippen LogP) is 5.86. The molecule has 1 unspecified atom stereocenters. The van der Waals surface area contributed by atoms with Crippen molar-refractivity contribution in [3.05, 3.63) is 82.8 Å². The van der Waals surface area contributed by atoms with Crippen LogP contribution in [0.4, 0.5) is 11.4 Å². The van der Waals surface area contributed by atoms with Gasteiger partial charge in [-0.25, -0.2) is 0 Å². The quantitative estimate of drug-likeness (QED) is 0.248. The number of hydrogen-bond acceptors (Lipinski definition) is 6. The number of nitrogens with zero attached hydrogens (tertiary/aromatic N) is 2. The maximum absolute atomic E-state index is 12.8. The second-order valence-corrected chi connectivity index (χ2v) is 13.7. The van der Waals surface area contributed by atoms with Crippen LogP contribution in [-0.4, -0.2) is 62.5 Å². The Morgan fingerprint density at radius 1 is 0.680 bits per heavy atom. The van der Waals surface area contributed by atoms with Crippen molar-refractivity contribution < 1.29 is 28.7 Å². The van der Waals surface area contributed by atoms with E-state index in [9.17, 15) is 19.2 Å². The third kappa shape index (κ3) is 5.92. The molecule has 4 aliphatic rings. The molecule has 4 aromatic carbocycles. The Bertz CT molecular complexity index is 1940. The van der Waals surface area contributed by atoms with Crippen LogP contribution in [0.5, 0.6) is 11.5 Å². The average Bonchev–Trinajstić information content (AvgIpc) is 3.73. The lowest BCUT2D eigenvalue weighted by Crippen LogP contribution is -2.46. The van der Waals surface area contributed by atoms with Crippen molar-refractivity contribution in [3.63, 3.8) is 0 Å². The van der Waals surface area contributed by atoms with Crippen LogP contribution >= 0.6 is 23.2 Å². The fraction of sp³-hybridized carbons (Fsp3) is 0.263. The van der Waals surface area contributed by atoms with Crippen molar-refractivity contribution in [2.45, 2.75) is 25.3 Å². The summed E-state index contributed by atoms with van der Waals surface area (Å²) in [6.45, 7) is 1.20. The monoisotopic (exact) mass is 710 g/mol. The molecule has 10 nitrogen and oxygen atoms in total. The fourth-order valence-corrected chi connectivity index (χ4v) is 7.83. The summed E-state index contributed by atoms with van der Waals surface area (Å²) in [6.07, 6.45) is 1.54. The molecule has 0 aliphatic carbocycles. The zero-order valence-corrected chi connectivity index (χ0v) is 28.4. The van der Waals surface area contributed by atoms with Crippen molar-refractivity contribution in [2.24, 2.45) is 5.92 Å². The fourth-order valence-electron chi connectivity index (χ4n) is 7.16. The summed E-state index contributed by atoms with van der Waals surface area (Å²) in [5, 5.41) is 6.78. The molecule has 4 heterocycles. The highest BCUT2D eigenvalue weighted by Crippen LogP contribution is 2.45. The summed E-state index contributed by atoms with van der Waals surface area (Å²) >= 11 is 14.3. The average molecular weight is 712 g/mol. The van der Waals surface area contributed by atoms with Gasteiger partial charge in [-0.1, -0.05) is 71.7 Å². The zero-order chi connectivity index (χ0) is 34.5. The largest absolute Gasteiger partial charge is 0.482 e. The van der Waals surface area contributed by atoms with Gasteiger partial charge in [0.15, 0.2) is 13.2 Å². The Labute approximate surface area is 298 Å². The number of carbonyl (C=O) groups is 4. The van der Waals surface area contributed by atoms with E-state index in [4.69, 9.17) is 32.7 Å². The van der Waals surface area contributed by atoms with Gasteiger partial charge in [-0.15, -0.1) is 0 Å². The lowest BCUT2D eigenvalue weighted by molar-refractivity contribution is -0.122. The first-order valence-corrected chi connectivity index (χ1v) is 17.3. The van der Waals surface area contributed by atoms with Gasteiger partial charge in [-0.3, -0.25) is 19.2 Å². The molecule has 0 spiro atoms. The van der Waals surface area contributed by atoms with Gasteiger partial charge in [0.1, 0.15) is 11.5 Å². The van der Waals surface area contributed by atoms with Gasteiger partial charge < -0.3 is 29.9 Å². The van der Waals surface area contributed by atoms with E-state index in [-0.39, 0.29) is 48.8 Å². The standard InChI is InChI=1S/C38H32Cl2N4O6/c39-37-25(22-7-10-29-31(14-22)49-19-35(47)43(29)17-21-13-34(46)41-16-21)3-1-5-27(37)28-6-2-4-26(38(28)40)23-8-11-30-32(15-23)50-20-36(48)44(30)18-24-9-12-33(45)42-24/h1-8,10-11,14-15,21,24H,9,12-13,16-20H2,(H,41,46)(H,42,45)/t21?,24-/m0/s1. The molecule has 2 N–H and O–H groups in total. The molecule has 0 aromatic heterocycles. The molecule has 8 rings (SSSR count). The van der Waals surface area contributed by atoms with E-state index in [1.807, 2.05) is 72.8 Å². The lowest BCUT2D eigenvalue weighted by atomic mass is 9.95. The highest BCUT2D eigenvalue weighted by Gasteiger charge is 2.33. The number of halogens is 2. The number of amides is 4. The second kappa shape index (κ2) is 13.0. The Hall–Kier alpha value is -5.06. The van der Waals surface area contributed by atoms with E-state index >= 15 is 0 Å². The first-order valence-electron chi connectivity index (χ1n) is 16.5. The number of carbonyl (C=O) groups excluding carboxylic acids is 4. The number of benzene rings is 4. The predicted molar refractivity (Wildman–Crippen MR) is 191 cm³/mol. The minimum absolute atomic E-state index is 0.000345. The summed E-state index contributed by atoms with van der Waals surface area (Å²) in [5.74, 6) is 0.885. The van der Waals surface area contributed by atoms with Gasteiger partial charge >= 0.3 is 0 Å². The number of rotatable bonds is 7. The molecule has 12 heteroatoms. The molecule has 4 aromatic rings. The molecule has 50 heavy (non-hydrogen) atoms. The van der Waals surface area contributed by atoms with Crippen molar-refractivity contribution in [1.82, 2.24) is 10.6 Å². The number of ether oxygens (including phenoxy) is 2. The van der Waals surface area contributed by atoms with E-state index in [1.54, 1.807) is 9.80 Å². The van der Waals surface area contributed by atoms with E-state index in [0.29, 0.717) is 71.8 Å². The van der Waals surface area contributed by atoms with Crippen LogP contribution < -0.4 is 29.9 Å². The molecule has 2 atom stereocenters.